The summed E-state index contributed by atoms with van der Waals surface area (Å²) in [5.74, 6) is 0.515. The van der Waals surface area contributed by atoms with Crippen LogP contribution in [-0.4, -0.2) is 11.9 Å². The highest BCUT2D eigenvalue weighted by Gasteiger charge is 2.17. The van der Waals surface area contributed by atoms with Crippen LogP contribution in [0.5, 0.6) is 0 Å². The molecule has 2 rings (SSSR count). The minimum atomic E-state index is 0.0662. The Morgan fingerprint density at radius 1 is 1.29 bits per heavy atom. The molecule has 1 atom stereocenters. The Kier molecular flexibility index (Phi) is 4.71. The Morgan fingerprint density at radius 3 is 2.62 bits per heavy atom. The van der Waals surface area contributed by atoms with E-state index in [0.29, 0.717) is 12.3 Å². The zero-order chi connectivity index (χ0) is 15.6. The van der Waals surface area contributed by atoms with Gasteiger partial charge in [0.05, 0.1) is 12.7 Å². The summed E-state index contributed by atoms with van der Waals surface area (Å²) in [7, 11) is 0. The van der Waals surface area contributed by atoms with Crippen LogP contribution < -0.4 is 5.32 Å². The maximum atomic E-state index is 12.2. The molecule has 1 heterocycles. The van der Waals surface area contributed by atoms with Crippen molar-refractivity contribution in [2.24, 2.45) is 5.92 Å². The Hall–Kier alpha value is -1.77. The van der Waals surface area contributed by atoms with Gasteiger partial charge in [0.2, 0.25) is 5.91 Å². The standard InChI is InChI=1S/C18H25NO2/c1-6-16(11(2)3)19-17(20)9-14-10-21-18-13(5)12(4)7-8-15(14)18/h7-8,10-11,16H,6,9H2,1-5H3,(H,19,20)/t16-/m0/s1. The van der Waals surface area contributed by atoms with E-state index in [-0.39, 0.29) is 11.9 Å². The number of hydrogen-bond acceptors (Lipinski definition) is 2. The van der Waals surface area contributed by atoms with Crippen molar-refractivity contribution < 1.29 is 9.21 Å². The van der Waals surface area contributed by atoms with Crippen LogP contribution in [0.2, 0.25) is 0 Å². The van der Waals surface area contributed by atoms with Gasteiger partial charge in [0, 0.05) is 17.0 Å². The van der Waals surface area contributed by atoms with E-state index < -0.39 is 0 Å². The second-order valence-corrected chi connectivity index (χ2v) is 6.15. The average molecular weight is 287 g/mol. The van der Waals surface area contributed by atoms with Gasteiger partial charge in [-0.05, 0) is 37.3 Å². The fraction of sp³-hybridized carbons (Fsp3) is 0.500. The molecule has 1 N–H and O–H groups in total. The third-order valence-corrected chi connectivity index (χ3v) is 4.28. The summed E-state index contributed by atoms with van der Waals surface area (Å²) in [6, 6.07) is 4.36. The predicted octanol–water partition coefficient (Wildman–Crippen LogP) is 4.14. The van der Waals surface area contributed by atoms with Gasteiger partial charge in [-0.25, -0.2) is 0 Å². The van der Waals surface area contributed by atoms with Crippen molar-refractivity contribution in [1.29, 1.82) is 0 Å². The van der Waals surface area contributed by atoms with E-state index in [9.17, 15) is 4.79 Å². The van der Waals surface area contributed by atoms with Crippen LogP contribution in [0.4, 0.5) is 0 Å². The van der Waals surface area contributed by atoms with E-state index in [1.807, 2.05) is 6.07 Å². The third-order valence-electron chi connectivity index (χ3n) is 4.28. The second kappa shape index (κ2) is 6.33. The van der Waals surface area contributed by atoms with Crippen LogP contribution >= 0.6 is 0 Å². The van der Waals surface area contributed by atoms with E-state index in [4.69, 9.17) is 4.42 Å². The fourth-order valence-corrected chi connectivity index (χ4v) is 2.70. The highest BCUT2D eigenvalue weighted by Crippen LogP contribution is 2.26. The molecule has 0 spiro atoms. The first-order valence-corrected chi connectivity index (χ1v) is 7.69. The molecule has 21 heavy (non-hydrogen) atoms. The van der Waals surface area contributed by atoms with Crippen LogP contribution in [0.3, 0.4) is 0 Å². The molecule has 0 radical (unpaired) electrons. The molecule has 0 aliphatic carbocycles. The van der Waals surface area contributed by atoms with Crippen molar-refractivity contribution in [3.63, 3.8) is 0 Å². The van der Waals surface area contributed by atoms with E-state index in [1.54, 1.807) is 6.26 Å². The average Bonchev–Trinajstić information content (AvgIpc) is 2.83. The van der Waals surface area contributed by atoms with Gasteiger partial charge in [-0.2, -0.15) is 0 Å². The number of aryl methyl sites for hydroxylation is 2. The first-order valence-electron chi connectivity index (χ1n) is 7.69. The normalized spacial score (nSPS) is 12.9. The number of hydrogen-bond donors (Lipinski definition) is 1. The molecule has 1 aromatic carbocycles. The number of fused-ring (bicyclic) bond motifs is 1. The lowest BCUT2D eigenvalue weighted by Gasteiger charge is -2.20. The van der Waals surface area contributed by atoms with Gasteiger partial charge < -0.3 is 9.73 Å². The number of carbonyl (C=O) groups is 1. The molecule has 1 amide bonds. The maximum Gasteiger partial charge on any atom is 0.224 e. The van der Waals surface area contributed by atoms with E-state index in [2.05, 4.69) is 46.0 Å². The molecule has 0 unspecified atom stereocenters. The van der Waals surface area contributed by atoms with Gasteiger partial charge in [-0.3, -0.25) is 4.79 Å². The summed E-state index contributed by atoms with van der Waals surface area (Å²) in [4.78, 5) is 12.2. The lowest BCUT2D eigenvalue weighted by Crippen LogP contribution is -2.38. The minimum Gasteiger partial charge on any atom is -0.464 e. The van der Waals surface area contributed by atoms with Crippen LogP contribution in [0.25, 0.3) is 11.0 Å². The Labute approximate surface area is 126 Å². The lowest BCUT2D eigenvalue weighted by molar-refractivity contribution is -0.121. The molecule has 0 saturated heterocycles. The summed E-state index contributed by atoms with van der Waals surface area (Å²) >= 11 is 0. The highest BCUT2D eigenvalue weighted by molar-refractivity contribution is 5.89. The zero-order valence-corrected chi connectivity index (χ0v) is 13.6. The van der Waals surface area contributed by atoms with Gasteiger partial charge in [-0.15, -0.1) is 0 Å². The fourth-order valence-electron chi connectivity index (χ4n) is 2.70. The molecule has 2 aromatic rings. The summed E-state index contributed by atoms with van der Waals surface area (Å²) in [5, 5.41) is 4.16. The molecule has 1 aromatic heterocycles. The lowest BCUT2D eigenvalue weighted by atomic mass is 10.0. The van der Waals surface area contributed by atoms with Gasteiger partial charge in [0.15, 0.2) is 0 Å². The molecule has 0 aliphatic heterocycles. The topological polar surface area (TPSA) is 42.2 Å². The van der Waals surface area contributed by atoms with E-state index >= 15 is 0 Å². The SMILES string of the molecule is CC[C@H](NC(=O)Cc1coc2c(C)c(C)ccc12)C(C)C. The monoisotopic (exact) mass is 287 g/mol. The number of amides is 1. The number of rotatable bonds is 5. The molecule has 0 fully saturated rings. The summed E-state index contributed by atoms with van der Waals surface area (Å²) in [5.41, 5.74) is 4.21. The molecule has 0 saturated carbocycles. The summed E-state index contributed by atoms with van der Waals surface area (Å²) in [6.07, 6.45) is 3.04. The molecule has 3 nitrogen and oxygen atoms in total. The molecular weight excluding hydrogens is 262 g/mol. The summed E-state index contributed by atoms with van der Waals surface area (Å²) < 4.78 is 5.66. The molecular formula is C18H25NO2. The number of carbonyl (C=O) groups excluding carboxylic acids is 1. The van der Waals surface area contributed by atoms with Gasteiger partial charge >= 0.3 is 0 Å². The Bertz CT molecular complexity index is 640. The summed E-state index contributed by atoms with van der Waals surface area (Å²) in [6.45, 7) is 10.5. The van der Waals surface area contributed by atoms with Crippen LogP contribution in [0, 0.1) is 19.8 Å². The largest absolute Gasteiger partial charge is 0.464 e. The quantitative estimate of drug-likeness (QED) is 0.898. The van der Waals surface area contributed by atoms with Crippen molar-refractivity contribution in [3.05, 3.63) is 35.1 Å². The number of furan rings is 1. The van der Waals surface area contributed by atoms with E-state index in [1.165, 1.54) is 5.56 Å². The van der Waals surface area contributed by atoms with Crippen LogP contribution in [-0.2, 0) is 11.2 Å². The van der Waals surface area contributed by atoms with Gasteiger partial charge in [0.1, 0.15) is 5.58 Å². The first-order chi connectivity index (χ1) is 9.93. The van der Waals surface area contributed by atoms with Crippen molar-refractivity contribution in [1.82, 2.24) is 5.32 Å². The maximum absolute atomic E-state index is 12.2. The highest BCUT2D eigenvalue weighted by atomic mass is 16.3. The molecule has 0 aliphatic rings. The van der Waals surface area contributed by atoms with Crippen LogP contribution in [0.15, 0.2) is 22.8 Å². The van der Waals surface area contributed by atoms with Crippen molar-refractivity contribution in [2.75, 3.05) is 0 Å². The number of benzene rings is 1. The van der Waals surface area contributed by atoms with Crippen molar-refractivity contribution in [2.45, 2.75) is 53.5 Å². The zero-order valence-electron chi connectivity index (χ0n) is 13.6. The van der Waals surface area contributed by atoms with E-state index in [0.717, 1.165) is 28.5 Å². The number of nitrogens with one attached hydrogen (secondary N) is 1. The molecule has 3 heteroatoms. The molecule has 0 bridgehead atoms. The Morgan fingerprint density at radius 2 is 2.00 bits per heavy atom. The Balaban J connectivity index is 2.17. The van der Waals surface area contributed by atoms with Crippen molar-refractivity contribution in [3.8, 4) is 0 Å². The first kappa shape index (κ1) is 15.6. The smallest absolute Gasteiger partial charge is 0.224 e. The predicted molar refractivity (Wildman–Crippen MR) is 86.5 cm³/mol. The van der Waals surface area contributed by atoms with Crippen LogP contribution in [0.1, 0.15) is 43.9 Å². The van der Waals surface area contributed by atoms with Gasteiger partial charge in [0.25, 0.3) is 0 Å². The minimum absolute atomic E-state index is 0.0662. The van der Waals surface area contributed by atoms with Crippen molar-refractivity contribution >= 4 is 16.9 Å². The second-order valence-electron chi connectivity index (χ2n) is 6.15. The third kappa shape index (κ3) is 3.29. The molecule has 114 valence electrons. The van der Waals surface area contributed by atoms with Gasteiger partial charge in [-0.1, -0.05) is 32.9 Å².